The van der Waals surface area contributed by atoms with Crippen molar-refractivity contribution in [3.63, 3.8) is 0 Å². The van der Waals surface area contributed by atoms with Gasteiger partial charge in [0.2, 0.25) is 5.91 Å². The molecule has 2 aromatic rings. The van der Waals surface area contributed by atoms with Crippen LogP contribution in [0.15, 0.2) is 42.6 Å². The quantitative estimate of drug-likeness (QED) is 0.115. The highest BCUT2D eigenvalue weighted by Gasteiger charge is 2.41. The van der Waals surface area contributed by atoms with E-state index in [2.05, 4.69) is 10.3 Å². The third kappa shape index (κ3) is 19.9. The molecule has 1 fully saturated rings. The lowest BCUT2D eigenvalue weighted by Crippen LogP contribution is -2.31. The van der Waals surface area contributed by atoms with Gasteiger partial charge in [-0.2, -0.15) is 13.2 Å². The second kappa shape index (κ2) is 26.9. The Balaban J connectivity index is 1.25. The van der Waals surface area contributed by atoms with Crippen molar-refractivity contribution >= 4 is 23.7 Å². The molecule has 0 radical (unpaired) electrons. The summed E-state index contributed by atoms with van der Waals surface area (Å²) in [5.41, 5.74) is 2.41. The van der Waals surface area contributed by atoms with Gasteiger partial charge >= 0.3 is 6.18 Å². The number of hydrogen-bond acceptors (Lipinski definition) is 11. The van der Waals surface area contributed by atoms with Crippen molar-refractivity contribution in [3.8, 4) is 5.75 Å². The van der Waals surface area contributed by atoms with Crippen LogP contribution in [0.3, 0.4) is 0 Å². The molecule has 1 aliphatic rings. The summed E-state index contributed by atoms with van der Waals surface area (Å²) in [4.78, 5) is 42.5. The molecule has 1 aromatic heterocycles. The summed E-state index contributed by atoms with van der Waals surface area (Å²) in [7, 11) is 3.21. The number of carbonyl (C=O) groups excluding carboxylic acids is 3. The number of ether oxygens (including phenoxy) is 7. The average molecular weight is 810 g/mol. The maximum Gasteiger partial charge on any atom is 0.391 e. The van der Waals surface area contributed by atoms with Crippen LogP contribution in [-0.4, -0.2) is 134 Å². The van der Waals surface area contributed by atoms with Crippen molar-refractivity contribution in [2.45, 2.75) is 51.7 Å². The molecule has 2 amide bonds. The number of pyridine rings is 1. The number of methoxy groups -OCH3 is 1. The smallest absolute Gasteiger partial charge is 0.391 e. The topological polar surface area (TPSA) is 144 Å². The van der Waals surface area contributed by atoms with Gasteiger partial charge in [-0.3, -0.25) is 14.4 Å². The van der Waals surface area contributed by atoms with E-state index in [1.807, 2.05) is 30.3 Å². The van der Waals surface area contributed by atoms with Crippen LogP contribution >= 0.6 is 0 Å². The molecule has 0 atom stereocenters. The lowest BCUT2D eigenvalue weighted by atomic mass is 9.81. The molecule has 13 nitrogen and oxygen atoms in total. The molecule has 57 heavy (non-hydrogen) atoms. The first-order chi connectivity index (χ1) is 27.5. The predicted molar refractivity (Wildman–Crippen MR) is 206 cm³/mol. The van der Waals surface area contributed by atoms with E-state index < -0.39 is 18.0 Å². The van der Waals surface area contributed by atoms with Crippen LogP contribution in [0.2, 0.25) is 0 Å². The molecular weight excluding hydrogens is 751 g/mol. The first kappa shape index (κ1) is 47.4. The number of alkyl halides is 3. The number of nitrogens with one attached hydrogen (secondary N) is 1. The van der Waals surface area contributed by atoms with Crippen LogP contribution in [0.1, 0.15) is 59.8 Å². The number of nitrogens with zero attached hydrogens (tertiary/aromatic N) is 2. The number of Topliss-reactive ketones (excluding diaryl/α,β-unsaturated/α-hetero) is 1. The van der Waals surface area contributed by atoms with Gasteiger partial charge in [-0.1, -0.05) is 36.4 Å². The van der Waals surface area contributed by atoms with Crippen LogP contribution < -0.4 is 10.1 Å². The highest BCUT2D eigenvalue weighted by atomic mass is 19.4. The van der Waals surface area contributed by atoms with Gasteiger partial charge in [-0.15, -0.1) is 0 Å². The van der Waals surface area contributed by atoms with Gasteiger partial charge < -0.3 is 43.4 Å². The fourth-order valence-corrected chi connectivity index (χ4v) is 5.84. The fourth-order valence-electron chi connectivity index (χ4n) is 5.84. The molecule has 1 N–H and O–H groups in total. The Labute approximate surface area is 333 Å². The van der Waals surface area contributed by atoms with Gasteiger partial charge in [0.25, 0.3) is 5.91 Å². The van der Waals surface area contributed by atoms with E-state index >= 15 is 0 Å². The van der Waals surface area contributed by atoms with E-state index in [0.717, 1.165) is 11.1 Å². The Kier molecular flexibility index (Phi) is 22.4. The SMILES string of the molecule is COc1cnc(C(=O)NCc2cccc(CC(=O)N(C)CCOCCOCCOCCOCCOCCOCC(C)=O)c2)cc1/C=C/C1CCC(C(F)(F)F)CC1. The van der Waals surface area contributed by atoms with Crippen molar-refractivity contribution in [2.75, 3.05) is 100.0 Å². The molecule has 0 unspecified atom stereocenters. The van der Waals surface area contributed by atoms with E-state index in [-0.39, 0.29) is 55.7 Å². The van der Waals surface area contributed by atoms with Crippen molar-refractivity contribution in [3.05, 3.63) is 65.0 Å². The Hall–Kier alpha value is -3.93. The van der Waals surface area contributed by atoms with Crippen LogP contribution in [0.4, 0.5) is 13.2 Å². The maximum atomic E-state index is 13.0. The Morgan fingerprint density at radius 3 is 1.95 bits per heavy atom. The summed E-state index contributed by atoms with van der Waals surface area (Å²) in [6, 6.07) is 9.02. The van der Waals surface area contributed by atoms with E-state index in [1.165, 1.54) is 20.2 Å². The highest BCUT2D eigenvalue weighted by molar-refractivity contribution is 5.93. The number of benzene rings is 1. The summed E-state index contributed by atoms with van der Waals surface area (Å²) < 4.78 is 77.0. The Morgan fingerprint density at radius 2 is 1.39 bits per heavy atom. The van der Waals surface area contributed by atoms with Gasteiger partial charge in [-0.05, 0) is 55.7 Å². The summed E-state index contributed by atoms with van der Waals surface area (Å²) in [5.74, 6) is -1.26. The lowest BCUT2D eigenvalue weighted by Gasteiger charge is -2.28. The molecule has 1 aliphatic carbocycles. The van der Waals surface area contributed by atoms with Gasteiger partial charge in [0.1, 0.15) is 18.1 Å². The number of amides is 2. The molecule has 0 bridgehead atoms. The number of aromatic nitrogens is 1. The standard InChI is InChI=1S/C41H58F3N3O10/c1-31(48)30-57-24-23-56-22-21-55-20-19-54-18-17-53-16-15-52-14-13-47(2)39(49)26-33-5-4-6-34(25-33)28-46-40(50)37-27-35(38(51-3)29-45-37)10-7-32-8-11-36(12-9-32)41(42,43)44/h4-7,10,25,27,29,32,36H,8-9,11-24,26,28,30H2,1-3H3,(H,46,50)/b10-7+. The molecule has 1 aromatic carbocycles. The van der Waals surface area contributed by atoms with Gasteiger partial charge in [-0.25, -0.2) is 4.98 Å². The Morgan fingerprint density at radius 1 is 0.825 bits per heavy atom. The number of rotatable bonds is 28. The van der Waals surface area contributed by atoms with E-state index in [1.54, 1.807) is 24.1 Å². The van der Waals surface area contributed by atoms with Crippen molar-refractivity contribution < 1.29 is 60.7 Å². The number of allylic oxidation sites excluding steroid dienone is 1. The molecule has 1 heterocycles. The number of ketones is 1. The second-order valence-electron chi connectivity index (χ2n) is 13.6. The first-order valence-electron chi connectivity index (χ1n) is 19.3. The van der Waals surface area contributed by atoms with Crippen LogP contribution in [0.25, 0.3) is 6.08 Å². The van der Waals surface area contributed by atoms with Gasteiger partial charge in [0, 0.05) is 25.7 Å². The minimum Gasteiger partial charge on any atom is -0.495 e. The number of carbonyl (C=O) groups is 3. The molecule has 0 aliphatic heterocycles. The summed E-state index contributed by atoms with van der Waals surface area (Å²) in [6.45, 7) is 6.76. The predicted octanol–water partition coefficient (Wildman–Crippen LogP) is 5.09. The monoisotopic (exact) mass is 809 g/mol. The average Bonchev–Trinajstić information content (AvgIpc) is 3.19. The van der Waals surface area contributed by atoms with E-state index in [9.17, 15) is 27.6 Å². The van der Waals surface area contributed by atoms with E-state index in [0.29, 0.717) is 103 Å². The third-order valence-corrected chi connectivity index (χ3v) is 9.09. The summed E-state index contributed by atoms with van der Waals surface area (Å²) in [6.07, 6.45) is 2.28. The molecule has 0 spiro atoms. The second-order valence-corrected chi connectivity index (χ2v) is 13.6. The molecule has 16 heteroatoms. The summed E-state index contributed by atoms with van der Waals surface area (Å²) in [5, 5.41) is 2.87. The van der Waals surface area contributed by atoms with E-state index in [4.69, 9.17) is 33.2 Å². The molecule has 1 saturated carbocycles. The van der Waals surface area contributed by atoms with Gasteiger partial charge in [0.05, 0.1) is 98.3 Å². The van der Waals surface area contributed by atoms with Gasteiger partial charge in [0.15, 0.2) is 5.78 Å². The Bertz CT molecular complexity index is 1520. The van der Waals surface area contributed by atoms with Crippen LogP contribution in [-0.2, 0) is 51.0 Å². The zero-order chi connectivity index (χ0) is 41.3. The number of halogens is 3. The molecule has 0 saturated heterocycles. The minimum atomic E-state index is -4.15. The first-order valence-corrected chi connectivity index (χ1v) is 19.3. The zero-order valence-electron chi connectivity index (χ0n) is 33.3. The maximum absolute atomic E-state index is 13.0. The number of hydrogen-bond donors (Lipinski definition) is 1. The van der Waals surface area contributed by atoms with Crippen molar-refractivity contribution in [1.29, 1.82) is 0 Å². The molecular formula is C41H58F3N3O10. The largest absolute Gasteiger partial charge is 0.495 e. The normalized spacial score (nSPS) is 15.8. The third-order valence-electron chi connectivity index (χ3n) is 9.09. The molecule has 3 rings (SSSR count). The minimum absolute atomic E-state index is 0.0172. The number of likely N-dealkylation sites (N-methyl/N-ethyl adjacent to an activating group) is 1. The van der Waals surface area contributed by atoms with Crippen molar-refractivity contribution in [1.82, 2.24) is 15.2 Å². The van der Waals surface area contributed by atoms with Crippen LogP contribution in [0.5, 0.6) is 5.75 Å². The summed E-state index contributed by atoms with van der Waals surface area (Å²) >= 11 is 0. The lowest BCUT2D eigenvalue weighted by molar-refractivity contribution is -0.183. The highest BCUT2D eigenvalue weighted by Crippen LogP contribution is 2.40. The fraction of sp³-hybridized carbons (Fsp3) is 0.610. The van der Waals surface area contributed by atoms with Crippen molar-refractivity contribution in [2.24, 2.45) is 11.8 Å². The molecule has 318 valence electrons. The van der Waals surface area contributed by atoms with Crippen LogP contribution in [0, 0.1) is 11.8 Å². The zero-order valence-corrected chi connectivity index (χ0v) is 33.3.